The summed E-state index contributed by atoms with van der Waals surface area (Å²) in [4.78, 5) is 18.5. The second kappa shape index (κ2) is 7.44. The van der Waals surface area contributed by atoms with E-state index in [1.165, 1.54) is 6.07 Å². The van der Waals surface area contributed by atoms with Crippen LogP contribution in [0.5, 0.6) is 0 Å². The monoisotopic (exact) mass is 395 g/mol. The molecular weight excluding hydrogens is 377 g/mol. The molecule has 142 valence electrons. The fraction of sp³-hybridized carbons (Fsp3) is 0.143. The third kappa shape index (κ3) is 3.61. The molecule has 4 aromatic rings. The first kappa shape index (κ1) is 18.2. The third-order valence-electron chi connectivity index (χ3n) is 4.28. The number of benzene rings is 2. The molecule has 5 nitrogen and oxygen atoms in total. The number of aromatic nitrogens is 1. The molecule has 1 amide bonds. The summed E-state index contributed by atoms with van der Waals surface area (Å²) in [5.74, 6) is 0.468. The molecule has 0 fully saturated rings. The molecule has 0 unspecified atom stereocenters. The Morgan fingerprint density at radius 3 is 2.75 bits per heavy atom. The van der Waals surface area contributed by atoms with E-state index in [1.54, 1.807) is 48.5 Å². The maximum atomic E-state index is 14.1. The number of nitrogens with zero attached hydrogens (tertiary/aromatic N) is 2. The molecule has 2 aromatic heterocycles. The van der Waals surface area contributed by atoms with Crippen LogP contribution < -0.4 is 10.2 Å². The fourth-order valence-electron chi connectivity index (χ4n) is 2.85. The van der Waals surface area contributed by atoms with Crippen LogP contribution in [0.15, 0.2) is 59.0 Å². The van der Waals surface area contributed by atoms with Crippen LogP contribution in [-0.4, -0.2) is 25.0 Å². The Morgan fingerprint density at radius 2 is 2.00 bits per heavy atom. The molecule has 0 saturated carbocycles. The van der Waals surface area contributed by atoms with Gasteiger partial charge in [-0.05, 0) is 42.5 Å². The lowest BCUT2D eigenvalue weighted by atomic mass is 10.1. The normalized spacial score (nSPS) is 11.0. The summed E-state index contributed by atoms with van der Waals surface area (Å²) >= 11 is 1.55. The van der Waals surface area contributed by atoms with Crippen LogP contribution in [0.1, 0.15) is 16.1 Å². The van der Waals surface area contributed by atoms with Gasteiger partial charge in [-0.2, -0.15) is 0 Å². The summed E-state index contributed by atoms with van der Waals surface area (Å²) in [6.07, 6.45) is 0. The minimum atomic E-state index is -0.436. The van der Waals surface area contributed by atoms with Crippen LogP contribution in [0.4, 0.5) is 10.1 Å². The van der Waals surface area contributed by atoms with Gasteiger partial charge in [-0.1, -0.05) is 12.1 Å². The van der Waals surface area contributed by atoms with Gasteiger partial charge in [-0.15, -0.1) is 11.3 Å². The number of carbonyl (C=O) groups excluding carboxylic acids is 1. The molecule has 0 spiro atoms. The number of hydrogen-bond acceptors (Lipinski definition) is 5. The first-order chi connectivity index (χ1) is 13.5. The zero-order valence-electron chi connectivity index (χ0n) is 15.4. The van der Waals surface area contributed by atoms with E-state index in [2.05, 4.69) is 10.3 Å². The molecule has 4 rings (SSSR count). The number of carbonyl (C=O) groups is 1. The Hall–Kier alpha value is -3.19. The topological polar surface area (TPSA) is 58.4 Å². The van der Waals surface area contributed by atoms with E-state index in [1.807, 2.05) is 30.3 Å². The molecule has 0 aliphatic carbocycles. The van der Waals surface area contributed by atoms with Gasteiger partial charge >= 0.3 is 0 Å². The van der Waals surface area contributed by atoms with Gasteiger partial charge in [-0.25, -0.2) is 9.37 Å². The van der Waals surface area contributed by atoms with Crippen molar-refractivity contribution in [2.24, 2.45) is 0 Å². The van der Waals surface area contributed by atoms with Crippen molar-refractivity contribution in [2.75, 3.05) is 19.0 Å². The number of hydrogen-bond donors (Lipinski definition) is 1. The molecule has 28 heavy (non-hydrogen) atoms. The van der Waals surface area contributed by atoms with Crippen LogP contribution >= 0.6 is 11.3 Å². The van der Waals surface area contributed by atoms with Crippen LogP contribution in [0, 0.1) is 5.82 Å². The van der Waals surface area contributed by atoms with Crippen LogP contribution in [0.25, 0.3) is 21.0 Å². The largest absolute Gasteiger partial charge is 0.457 e. The van der Waals surface area contributed by atoms with Crippen LogP contribution in [-0.2, 0) is 6.54 Å². The highest BCUT2D eigenvalue weighted by molar-refractivity contribution is 7.21. The molecule has 0 radical (unpaired) electrons. The summed E-state index contributed by atoms with van der Waals surface area (Å²) in [5, 5.41) is 3.54. The van der Waals surface area contributed by atoms with Gasteiger partial charge in [0.1, 0.15) is 11.6 Å². The maximum Gasteiger partial charge on any atom is 0.251 e. The first-order valence-electron chi connectivity index (χ1n) is 8.71. The zero-order valence-corrected chi connectivity index (χ0v) is 16.2. The molecule has 2 aromatic carbocycles. The SMILES string of the molecule is CN(C)c1ccc(C(=O)NCc2ccc(-c3nc4ccccc4s3)o2)cc1F. The minimum absolute atomic E-state index is 0.209. The molecule has 0 atom stereocenters. The number of anilines is 1. The maximum absolute atomic E-state index is 14.1. The van der Waals surface area contributed by atoms with E-state index >= 15 is 0 Å². The Balaban J connectivity index is 1.44. The van der Waals surface area contributed by atoms with Crippen molar-refractivity contribution < 1.29 is 13.6 Å². The molecule has 0 aliphatic heterocycles. The van der Waals surface area contributed by atoms with Gasteiger partial charge in [0, 0.05) is 19.7 Å². The fourth-order valence-corrected chi connectivity index (χ4v) is 3.77. The molecule has 7 heteroatoms. The summed E-state index contributed by atoms with van der Waals surface area (Å²) < 4.78 is 21.0. The number of fused-ring (bicyclic) bond motifs is 1. The average Bonchev–Trinajstić information content (AvgIpc) is 3.32. The first-order valence-corrected chi connectivity index (χ1v) is 9.52. The van der Waals surface area contributed by atoms with Crippen molar-refractivity contribution in [3.8, 4) is 10.8 Å². The highest BCUT2D eigenvalue weighted by atomic mass is 32.1. The lowest BCUT2D eigenvalue weighted by Crippen LogP contribution is -2.23. The van der Waals surface area contributed by atoms with Gasteiger partial charge in [0.25, 0.3) is 5.91 Å². The van der Waals surface area contributed by atoms with Gasteiger partial charge in [-0.3, -0.25) is 4.79 Å². The third-order valence-corrected chi connectivity index (χ3v) is 5.33. The lowest BCUT2D eigenvalue weighted by molar-refractivity contribution is 0.0947. The predicted molar refractivity (Wildman–Crippen MR) is 109 cm³/mol. The zero-order chi connectivity index (χ0) is 19.7. The molecule has 1 N–H and O–H groups in total. The molecule has 0 aliphatic rings. The number of para-hydroxylation sites is 1. The Bertz CT molecular complexity index is 1120. The standard InChI is InChI=1S/C21H18FN3O2S/c1-25(2)17-9-7-13(11-15(17)22)20(26)23-12-14-8-10-18(27-14)21-24-16-5-3-4-6-19(16)28-21/h3-11H,12H2,1-2H3,(H,23,26). The van der Waals surface area contributed by atoms with Gasteiger partial charge < -0.3 is 14.6 Å². The summed E-state index contributed by atoms with van der Waals surface area (Å²) in [6, 6.07) is 16.0. The molecule has 0 bridgehead atoms. The number of rotatable bonds is 5. The van der Waals surface area contributed by atoms with Crippen molar-refractivity contribution in [1.29, 1.82) is 0 Å². The van der Waals surface area contributed by atoms with Gasteiger partial charge in [0.2, 0.25) is 0 Å². The highest BCUT2D eigenvalue weighted by Gasteiger charge is 2.13. The van der Waals surface area contributed by atoms with Crippen molar-refractivity contribution in [3.63, 3.8) is 0 Å². The minimum Gasteiger partial charge on any atom is -0.457 e. The second-order valence-electron chi connectivity index (χ2n) is 6.50. The molecule has 0 saturated heterocycles. The van der Waals surface area contributed by atoms with Crippen LogP contribution in [0.3, 0.4) is 0 Å². The Labute approximate surface area is 165 Å². The van der Waals surface area contributed by atoms with Crippen molar-refractivity contribution in [3.05, 3.63) is 71.7 Å². The summed E-state index contributed by atoms with van der Waals surface area (Å²) in [7, 11) is 3.50. The molecular formula is C21H18FN3O2S. The van der Waals surface area contributed by atoms with E-state index < -0.39 is 5.82 Å². The number of amides is 1. The highest BCUT2D eigenvalue weighted by Crippen LogP contribution is 2.31. The number of halogens is 1. The van der Waals surface area contributed by atoms with Crippen molar-refractivity contribution in [1.82, 2.24) is 10.3 Å². The van der Waals surface area contributed by atoms with Gasteiger partial charge in [0.05, 0.1) is 22.4 Å². The lowest BCUT2D eigenvalue weighted by Gasteiger charge is -2.14. The van der Waals surface area contributed by atoms with Crippen molar-refractivity contribution >= 4 is 33.1 Å². The predicted octanol–water partition coefficient (Wildman–Crippen LogP) is 4.69. The number of thiazole rings is 1. The smallest absolute Gasteiger partial charge is 0.251 e. The number of nitrogens with one attached hydrogen (secondary N) is 1. The average molecular weight is 395 g/mol. The van der Waals surface area contributed by atoms with Gasteiger partial charge in [0.15, 0.2) is 10.8 Å². The Kier molecular flexibility index (Phi) is 4.83. The van der Waals surface area contributed by atoms with Crippen LogP contribution in [0.2, 0.25) is 0 Å². The molecule has 2 heterocycles. The number of furan rings is 1. The van der Waals surface area contributed by atoms with E-state index in [-0.39, 0.29) is 18.0 Å². The summed E-state index contributed by atoms with van der Waals surface area (Å²) in [5.41, 5.74) is 1.63. The quantitative estimate of drug-likeness (QED) is 0.533. The second-order valence-corrected chi connectivity index (χ2v) is 7.53. The van der Waals surface area contributed by atoms with E-state index in [0.29, 0.717) is 17.2 Å². The summed E-state index contributed by atoms with van der Waals surface area (Å²) in [6.45, 7) is 0.209. The van der Waals surface area contributed by atoms with E-state index in [0.717, 1.165) is 15.2 Å². The van der Waals surface area contributed by atoms with E-state index in [9.17, 15) is 9.18 Å². The van der Waals surface area contributed by atoms with Crippen molar-refractivity contribution in [2.45, 2.75) is 6.54 Å². The Morgan fingerprint density at radius 1 is 1.18 bits per heavy atom. The van der Waals surface area contributed by atoms with E-state index in [4.69, 9.17) is 4.42 Å².